The quantitative estimate of drug-likeness (QED) is 0.606. The molecule has 1 aromatic carbocycles. The lowest BCUT2D eigenvalue weighted by molar-refractivity contribution is 0.927. The third kappa shape index (κ3) is 2.10. The second-order valence-electron chi connectivity index (χ2n) is 4.85. The Hall–Kier alpha value is -2.25. The molecule has 0 amide bonds. The second-order valence-corrected chi connectivity index (χ2v) is 6.39. The van der Waals surface area contributed by atoms with Crippen LogP contribution in [0.3, 0.4) is 0 Å². The summed E-state index contributed by atoms with van der Waals surface area (Å²) in [7, 11) is 0. The first kappa shape index (κ1) is 13.4. The molecule has 0 saturated heterocycles. The van der Waals surface area contributed by atoms with Crippen LogP contribution in [0.25, 0.3) is 16.0 Å². The molecule has 0 saturated carbocycles. The Morgan fingerprint density at radius 3 is 2.55 bits per heavy atom. The molecule has 0 radical (unpaired) electrons. The van der Waals surface area contributed by atoms with Crippen LogP contribution in [-0.2, 0) is 0 Å². The van der Waals surface area contributed by atoms with Crippen molar-refractivity contribution >= 4 is 50.7 Å². The molecular weight excluding hydrogens is 320 g/mol. The maximum absolute atomic E-state index is 6.19. The van der Waals surface area contributed by atoms with E-state index >= 15 is 0 Å². The van der Waals surface area contributed by atoms with Crippen molar-refractivity contribution in [2.24, 2.45) is 0 Å². The van der Waals surface area contributed by atoms with Gasteiger partial charge in [-0.1, -0.05) is 35.1 Å². The zero-order chi connectivity index (χ0) is 15.3. The standard InChI is InChI=1S/C14H11ClN6S/c1-7-8(2)22-14-19-13(20-21(7)14)18-12-11(15)16-9-5-3-4-6-10(9)17-12/h3-6H,1-2H3,(H,17,18,20). The number of nitrogens with one attached hydrogen (secondary N) is 1. The van der Waals surface area contributed by atoms with Gasteiger partial charge in [-0.05, 0) is 26.0 Å². The van der Waals surface area contributed by atoms with Gasteiger partial charge in [0.1, 0.15) is 0 Å². The van der Waals surface area contributed by atoms with Crippen molar-refractivity contribution < 1.29 is 0 Å². The van der Waals surface area contributed by atoms with Gasteiger partial charge >= 0.3 is 0 Å². The Morgan fingerprint density at radius 1 is 1.09 bits per heavy atom. The van der Waals surface area contributed by atoms with Crippen molar-refractivity contribution in [2.45, 2.75) is 13.8 Å². The molecule has 0 atom stereocenters. The summed E-state index contributed by atoms with van der Waals surface area (Å²) in [5.74, 6) is 0.911. The number of aryl methyl sites for hydroxylation is 2. The average molecular weight is 331 g/mol. The molecule has 4 rings (SSSR count). The number of aromatic nitrogens is 5. The summed E-state index contributed by atoms with van der Waals surface area (Å²) in [4.78, 5) is 15.3. The molecule has 22 heavy (non-hydrogen) atoms. The van der Waals surface area contributed by atoms with E-state index in [-0.39, 0.29) is 0 Å². The lowest BCUT2D eigenvalue weighted by Gasteiger charge is -2.04. The van der Waals surface area contributed by atoms with Gasteiger partial charge in [-0.25, -0.2) is 14.5 Å². The third-order valence-corrected chi connectivity index (χ3v) is 4.72. The van der Waals surface area contributed by atoms with Gasteiger partial charge in [-0.15, -0.1) is 5.10 Å². The molecule has 0 fully saturated rings. The number of hydrogen-bond acceptors (Lipinski definition) is 6. The Morgan fingerprint density at radius 2 is 1.82 bits per heavy atom. The fourth-order valence-corrected chi connectivity index (χ4v) is 3.24. The number of nitrogens with zero attached hydrogens (tertiary/aromatic N) is 5. The normalized spacial score (nSPS) is 11.4. The van der Waals surface area contributed by atoms with Crippen LogP contribution in [-0.4, -0.2) is 24.6 Å². The highest BCUT2D eigenvalue weighted by Crippen LogP contribution is 2.25. The molecule has 3 aromatic heterocycles. The van der Waals surface area contributed by atoms with Crippen LogP contribution in [0.1, 0.15) is 10.6 Å². The minimum atomic E-state index is 0.296. The lowest BCUT2D eigenvalue weighted by atomic mass is 10.3. The van der Waals surface area contributed by atoms with E-state index in [9.17, 15) is 0 Å². The van der Waals surface area contributed by atoms with Crippen LogP contribution in [0.5, 0.6) is 0 Å². The molecule has 1 N–H and O–H groups in total. The first-order valence-electron chi connectivity index (χ1n) is 6.64. The van der Waals surface area contributed by atoms with Crippen molar-refractivity contribution in [3.05, 3.63) is 40.0 Å². The van der Waals surface area contributed by atoms with Gasteiger partial charge < -0.3 is 5.32 Å². The van der Waals surface area contributed by atoms with E-state index in [0.717, 1.165) is 21.7 Å². The van der Waals surface area contributed by atoms with Crippen LogP contribution in [0.2, 0.25) is 5.15 Å². The number of anilines is 2. The van der Waals surface area contributed by atoms with Crippen LogP contribution in [0, 0.1) is 13.8 Å². The van der Waals surface area contributed by atoms with Crippen molar-refractivity contribution in [2.75, 3.05) is 5.32 Å². The van der Waals surface area contributed by atoms with Gasteiger partial charge in [-0.2, -0.15) is 4.98 Å². The largest absolute Gasteiger partial charge is 0.305 e. The molecule has 0 unspecified atom stereocenters. The predicted octanol–water partition coefficient (Wildman–Crippen LogP) is 3.75. The third-order valence-electron chi connectivity index (χ3n) is 3.41. The number of fused-ring (bicyclic) bond motifs is 2. The summed E-state index contributed by atoms with van der Waals surface area (Å²) in [6.07, 6.45) is 0. The van der Waals surface area contributed by atoms with Gasteiger partial charge in [0.05, 0.1) is 16.7 Å². The highest BCUT2D eigenvalue weighted by Gasteiger charge is 2.13. The molecule has 8 heteroatoms. The van der Waals surface area contributed by atoms with E-state index in [0.29, 0.717) is 16.9 Å². The Bertz CT molecular complexity index is 1010. The number of para-hydroxylation sites is 2. The van der Waals surface area contributed by atoms with E-state index in [1.807, 2.05) is 35.7 Å². The predicted molar refractivity (Wildman–Crippen MR) is 88.2 cm³/mol. The van der Waals surface area contributed by atoms with E-state index in [4.69, 9.17) is 11.6 Å². The Balaban J connectivity index is 1.76. The van der Waals surface area contributed by atoms with Gasteiger partial charge in [0.2, 0.25) is 10.9 Å². The smallest absolute Gasteiger partial charge is 0.249 e. The maximum atomic E-state index is 6.19. The second kappa shape index (κ2) is 4.89. The van der Waals surface area contributed by atoms with Gasteiger partial charge in [0.25, 0.3) is 0 Å². The monoisotopic (exact) mass is 330 g/mol. The highest BCUT2D eigenvalue weighted by molar-refractivity contribution is 7.17. The fourth-order valence-electron chi connectivity index (χ4n) is 2.16. The number of thiazole rings is 1. The summed E-state index contributed by atoms with van der Waals surface area (Å²) in [5, 5.41) is 7.77. The Labute approximate surface area is 134 Å². The first-order chi connectivity index (χ1) is 10.6. The summed E-state index contributed by atoms with van der Waals surface area (Å²) in [5.41, 5.74) is 2.60. The Kier molecular flexibility index (Phi) is 2.98. The minimum Gasteiger partial charge on any atom is -0.305 e. The van der Waals surface area contributed by atoms with Gasteiger partial charge in [0, 0.05) is 4.88 Å². The lowest BCUT2D eigenvalue weighted by Crippen LogP contribution is -1.99. The minimum absolute atomic E-state index is 0.296. The maximum Gasteiger partial charge on any atom is 0.249 e. The summed E-state index contributed by atoms with van der Waals surface area (Å²) in [6.45, 7) is 4.06. The zero-order valence-corrected chi connectivity index (χ0v) is 13.4. The van der Waals surface area contributed by atoms with Crippen LogP contribution < -0.4 is 5.32 Å². The van der Waals surface area contributed by atoms with Crippen molar-refractivity contribution in [1.29, 1.82) is 0 Å². The number of rotatable bonds is 2. The molecule has 0 spiro atoms. The molecule has 0 aliphatic rings. The van der Waals surface area contributed by atoms with E-state index in [1.165, 1.54) is 4.88 Å². The van der Waals surface area contributed by atoms with Crippen LogP contribution >= 0.6 is 22.9 Å². The fraction of sp³-hybridized carbons (Fsp3) is 0.143. The molecule has 0 bridgehead atoms. The summed E-state index contributed by atoms with van der Waals surface area (Å²) < 4.78 is 1.81. The SMILES string of the molecule is Cc1sc2nc(Nc3nc4ccccc4nc3Cl)nn2c1C. The molecule has 0 aliphatic carbocycles. The van der Waals surface area contributed by atoms with Crippen molar-refractivity contribution in [3.8, 4) is 0 Å². The van der Waals surface area contributed by atoms with E-state index in [2.05, 4.69) is 32.3 Å². The summed E-state index contributed by atoms with van der Waals surface area (Å²) in [6, 6.07) is 7.56. The van der Waals surface area contributed by atoms with Crippen molar-refractivity contribution in [3.63, 3.8) is 0 Å². The van der Waals surface area contributed by atoms with E-state index in [1.54, 1.807) is 11.3 Å². The zero-order valence-electron chi connectivity index (χ0n) is 11.8. The molecule has 3 heterocycles. The van der Waals surface area contributed by atoms with Gasteiger partial charge in [-0.3, -0.25) is 0 Å². The molecule has 4 aromatic rings. The molecular formula is C14H11ClN6S. The topological polar surface area (TPSA) is 68.0 Å². The average Bonchev–Trinajstić information content (AvgIpc) is 3.00. The van der Waals surface area contributed by atoms with Gasteiger partial charge in [0.15, 0.2) is 11.0 Å². The van der Waals surface area contributed by atoms with Crippen molar-refractivity contribution in [1.82, 2.24) is 24.6 Å². The first-order valence-corrected chi connectivity index (χ1v) is 7.83. The van der Waals surface area contributed by atoms with Crippen LogP contribution in [0.4, 0.5) is 11.8 Å². The number of benzene rings is 1. The number of halogens is 1. The molecule has 0 aliphatic heterocycles. The van der Waals surface area contributed by atoms with Crippen LogP contribution in [0.15, 0.2) is 24.3 Å². The molecule has 6 nitrogen and oxygen atoms in total. The summed E-state index contributed by atoms with van der Waals surface area (Å²) >= 11 is 7.78. The van der Waals surface area contributed by atoms with E-state index < -0.39 is 0 Å². The molecule has 110 valence electrons. The highest BCUT2D eigenvalue weighted by atomic mass is 35.5. The number of hydrogen-bond donors (Lipinski definition) is 1.